The lowest BCUT2D eigenvalue weighted by atomic mass is 10.1. The first-order chi connectivity index (χ1) is 9.65. The number of H-pyrrole nitrogens is 1. The molecule has 5 nitrogen and oxygen atoms in total. The molecule has 1 aromatic heterocycles. The van der Waals surface area contributed by atoms with Gasteiger partial charge < -0.3 is 5.73 Å². The Hall–Kier alpha value is -1.60. The topological polar surface area (TPSA) is 76.7 Å². The van der Waals surface area contributed by atoms with Crippen molar-refractivity contribution in [3.05, 3.63) is 40.1 Å². The number of nitrogens with one attached hydrogen (secondary N) is 1. The van der Waals surface area contributed by atoms with Crippen LogP contribution in [0.1, 0.15) is 18.9 Å². The minimum atomic E-state index is -0.286. The Morgan fingerprint density at radius 1 is 1.50 bits per heavy atom. The van der Waals surface area contributed by atoms with Crippen LogP contribution >= 0.6 is 11.8 Å². The van der Waals surface area contributed by atoms with E-state index >= 15 is 0 Å². The summed E-state index contributed by atoms with van der Waals surface area (Å²) in [6, 6.07) is 4.57. The lowest BCUT2D eigenvalue weighted by Gasteiger charge is -2.08. The van der Waals surface area contributed by atoms with Gasteiger partial charge in [0.1, 0.15) is 5.82 Å². The summed E-state index contributed by atoms with van der Waals surface area (Å²) in [4.78, 5) is 12.5. The van der Waals surface area contributed by atoms with Gasteiger partial charge >= 0.3 is 5.69 Å². The summed E-state index contributed by atoms with van der Waals surface area (Å²) >= 11 is 1.35. The fourth-order valence-electron chi connectivity index (χ4n) is 1.90. The maximum atomic E-state index is 13.3. The fraction of sp³-hybridized carbons (Fsp3) is 0.385. The second-order valence-corrected chi connectivity index (χ2v) is 5.36. The Balaban J connectivity index is 2.32. The van der Waals surface area contributed by atoms with Crippen LogP contribution in [0.3, 0.4) is 0 Å². The molecular weight excluding hydrogens is 279 g/mol. The zero-order valence-corrected chi connectivity index (χ0v) is 12.0. The monoisotopic (exact) mass is 296 g/mol. The van der Waals surface area contributed by atoms with E-state index in [1.807, 2.05) is 6.92 Å². The molecular formula is C13H17FN4OS. The third-order valence-corrected chi connectivity index (χ3v) is 3.92. The third-order valence-electron chi connectivity index (χ3n) is 2.81. The van der Waals surface area contributed by atoms with Crippen LogP contribution in [-0.2, 0) is 13.0 Å². The van der Waals surface area contributed by atoms with Gasteiger partial charge in [0.2, 0.25) is 0 Å². The van der Waals surface area contributed by atoms with Crippen LogP contribution in [0.25, 0.3) is 0 Å². The molecule has 0 aliphatic rings. The van der Waals surface area contributed by atoms with Crippen molar-refractivity contribution in [3.63, 3.8) is 0 Å². The Labute approximate surface area is 120 Å². The lowest BCUT2D eigenvalue weighted by molar-refractivity contribution is 0.603. The average molecular weight is 296 g/mol. The van der Waals surface area contributed by atoms with Crippen LogP contribution in [0.5, 0.6) is 0 Å². The molecule has 2 aromatic rings. The van der Waals surface area contributed by atoms with Crippen molar-refractivity contribution < 1.29 is 4.39 Å². The smallest absolute Gasteiger partial charge is 0.330 e. The largest absolute Gasteiger partial charge is 0.343 e. The summed E-state index contributed by atoms with van der Waals surface area (Å²) in [5.74, 6) is -0.286. The van der Waals surface area contributed by atoms with Crippen LogP contribution in [0, 0.1) is 5.82 Å². The summed E-state index contributed by atoms with van der Waals surface area (Å²) in [7, 11) is 0. The van der Waals surface area contributed by atoms with E-state index in [1.165, 1.54) is 23.9 Å². The van der Waals surface area contributed by atoms with E-state index in [4.69, 9.17) is 5.73 Å². The molecule has 0 unspecified atom stereocenters. The first kappa shape index (κ1) is 14.8. The highest BCUT2D eigenvalue weighted by atomic mass is 32.2. The van der Waals surface area contributed by atoms with Gasteiger partial charge in [0.15, 0.2) is 5.16 Å². The first-order valence-corrected chi connectivity index (χ1v) is 7.29. The third kappa shape index (κ3) is 3.29. The molecule has 7 heteroatoms. The van der Waals surface area contributed by atoms with Crippen LogP contribution in [0.4, 0.5) is 4.39 Å². The minimum absolute atomic E-state index is 0.225. The van der Waals surface area contributed by atoms with E-state index < -0.39 is 0 Å². The van der Waals surface area contributed by atoms with Crippen molar-refractivity contribution in [3.8, 4) is 0 Å². The van der Waals surface area contributed by atoms with Crippen molar-refractivity contribution in [2.24, 2.45) is 5.73 Å². The molecule has 0 aliphatic carbocycles. The number of halogens is 1. The van der Waals surface area contributed by atoms with E-state index in [0.717, 1.165) is 16.9 Å². The quantitative estimate of drug-likeness (QED) is 0.852. The number of nitrogens with zero attached hydrogens (tertiary/aromatic N) is 2. The highest BCUT2D eigenvalue weighted by molar-refractivity contribution is 7.99. The SMILES string of the molecule is CCCn1c(Sc2ccc(F)cc2CCN)n[nH]c1=O. The van der Waals surface area contributed by atoms with Crippen molar-refractivity contribution in [2.75, 3.05) is 6.54 Å². The summed E-state index contributed by atoms with van der Waals surface area (Å²) in [5, 5.41) is 7.04. The van der Waals surface area contributed by atoms with Gasteiger partial charge in [0.05, 0.1) is 0 Å². The highest BCUT2D eigenvalue weighted by Gasteiger charge is 2.12. The predicted octanol–water partition coefficient (Wildman–Crippen LogP) is 1.77. The van der Waals surface area contributed by atoms with E-state index in [1.54, 1.807) is 10.6 Å². The zero-order chi connectivity index (χ0) is 14.5. The van der Waals surface area contributed by atoms with E-state index in [-0.39, 0.29) is 11.5 Å². The molecule has 2 rings (SSSR count). The molecule has 0 fully saturated rings. The maximum Gasteiger partial charge on any atom is 0.343 e. The second-order valence-electron chi connectivity index (χ2n) is 4.36. The first-order valence-electron chi connectivity index (χ1n) is 6.47. The van der Waals surface area contributed by atoms with Crippen molar-refractivity contribution in [2.45, 2.75) is 36.4 Å². The van der Waals surface area contributed by atoms with Gasteiger partial charge in [-0.25, -0.2) is 14.3 Å². The number of aromatic amines is 1. The van der Waals surface area contributed by atoms with Gasteiger partial charge in [-0.1, -0.05) is 6.92 Å². The van der Waals surface area contributed by atoms with Crippen molar-refractivity contribution >= 4 is 11.8 Å². The van der Waals surface area contributed by atoms with Gasteiger partial charge in [-0.3, -0.25) is 4.57 Å². The van der Waals surface area contributed by atoms with Gasteiger partial charge in [0.25, 0.3) is 0 Å². The average Bonchev–Trinajstić information content (AvgIpc) is 2.75. The van der Waals surface area contributed by atoms with Crippen LogP contribution < -0.4 is 11.4 Å². The Morgan fingerprint density at radius 3 is 3.00 bits per heavy atom. The number of hydrogen-bond donors (Lipinski definition) is 2. The normalized spacial score (nSPS) is 10.9. The van der Waals surface area contributed by atoms with Crippen LogP contribution in [0.2, 0.25) is 0 Å². The Bertz CT molecular complexity index is 638. The predicted molar refractivity (Wildman–Crippen MR) is 76.4 cm³/mol. The summed E-state index contributed by atoms with van der Waals surface area (Å²) in [6.07, 6.45) is 1.43. The molecule has 1 heterocycles. The number of benzene rings is 1. The molecule has 20 heavy (non-hydrogen) atoms. The Kier molecular flexibility index (Phi) is 4.97. The number of nitrogens with two attached hydrogens (primary N) is 1. The molecule has 0 amide bonds. The van der Waals surface area contributed by atoms with E-state index in [2.05, 4.69) is 10.2 Å². The molecule has 108 valence electrons. The summed E-state index contributed by atoms with van der Waals surface area (Å²) in [5.41, 5.74) is 6.15. The van der Waals surface area contributed by atoms with Gasteiger partial charge in [-0.05, 0) is 54.9 Å². The molecule has 1 aromatic carbocycles. The molecule has 0 aliphatic heterocycles. The van der Waals surface area contributed by atoms with Crippen molar-refractivity contribution in [1.82, 2.24) is 14.8 Å². The minimum Gasteiger partial charge on any atom is -0.330 e. The van der Waals surface area contributed by atoms with E-state index in [9.17, 15) is 9.18 Å². The molecule has 0 bridgehead atoms. The summed E-state index contributed by atoms with van der Waals surface area (Å²) < 4.78 is 14.9. The standard InChI is InChI=1S/C13H17FN4OS/c1-2-7-18-12(19)16-17-13(18)20-11-4-3-10(14)8-9(11)5-6-15/h3-4,8H,2,5-7,15H2,1H3,(H,16,19). The molecule has 0 saturated carbocycles. The molecule has 0 atom stereocenters. The van der Waals surface area contributed by atoms with Gasteiger partial charge in [0, 0.05) is 11.4 Å². The van der Waals surface area contributed by atoms with Crippen LogP contribution in [-0.4, -0.2) is 21.3 Å². The maximum absolute atomic E-state index is 13.3. The molecule has 0 saturated heterocycles. The van der Waals surface area contributed by atoms with Gasteiger partial charge in [-0.15, -0.1) is 5.10 Å². The molecule has 3 N–H and O–H groups in total. The van der Waals surface area contributed by atoms with E-state index in [0.29, 0.717) is 24.7 Å². The van der Waals surface area contributed by atoms with Gasteiger partial charge in [-0.2, -0.15) is 0 Å². The molecule has 0 radical (unpaired) electrons. The highest BCUT2D eigenvalue weighted by Crippen LogP contribution is 2.29. The van der Waals surface area contributed by atoms with Crippen LogP contribution in [0.15, 0.2) is 33.0 Å². The Morgan fingerprint density at radius 2 is 2.30 bits per heavy atom. The summed E-state index contributed by atoms with van der Waals surface area (Å²) in [6.45, 7) is 3.04. The molecule has 0 spiro atoms. The second kappa shape index (κ2) is 6.71. The zero-order valence-electron chi connectivity index (χ0n) is 11.2. The number of hydrogen-bond acceptors (Lipinski definition) is 4. The fourth-order valence-corrected chi connectivity index (χ4v) is 2.90. The number of rotatable bonds is 6. The number of aromatic nitrogens is 3. The van der Waals surface area contributed by atoms with Crippen molar-refractivity contribution in [1.29, 1.82) is 0 Å². The lowest BCUT2D eigenvalue weighted by Crippen LogP contribution is -2.17.